The molecule has 144 valence electrons. The van der Waals surface area contributed by atoms with Crippen LogP contribution in [0, 0.1) is 11.3 Å². The Kier molecular flexibility index (Phi) is 5.49. The van der Waals surface area contributed by atoms with Gasteiger partial charge in [0, 0.05) is 12.6 Å². The van der Waals surface area contributed by atoms with Gasteiger partial charge in [-0.15, -0.1) is 0 Å². The number of hydrogen-bond donors (Lipinski definition) is 1. The first-order chi connectivity index (χ1) is 13.4. The van der Waals surface area contributed by atoms with Crippen molar-refractivity contribution in [1.82, 2.24) is 15.2 Å². The van der Waals surface area contributed by atoms with E-state index in [0.717, 1.165) is 4.90 Å². The Bertz CT molecular complexity index is 915. The third kappa shape index (κ3) is 4.40. The fourth-order valence-electron chi connectivity index (χ4n) is 2.81. The Morgan fingerprint density at radius 1 is 1.32 bits per heavy atom. The second kappa shape index (κ2) is 8.00. The number of amides is 2. The number of aromatic nitrogens is 1. The molecule has 1 aliphatic heterocycles. The number of carbonyl (C=O) groups excluding carboxylic acids is 2. The van der Waals surface area contributed by atoms with Gasteiger partial charge in [-0.1, -0.05) is 18.2 Å². The van der Waals surface area contributed by atoms with Crippen molar-refractivity contribution in [3.8, 4) is 17.6 Å². The highest BCUT2D eigenvalue weighted by atomic mass is 19.3. The molecule has 0 radical (unpaired) electrons. The van der Waals surface area contributed by atoms with E-state index in [1.807, 2.05) is 6.07 Å². The summed E-state index contributed by atoms with van der Waals surface area (Å²) in [7, 11) is 0. The topological polar surface area (TPSA) is 95.3 Å². The van der Waals surface area contributed by atoms with Crippen LogP contribution in [0.1, 0.15) is 16.8 Å². The highest BCUT2D eigenvalue weighted by molar-refractivity contribution is 5.98. The molecule has 2 aromatic rings. The lowest BCUT2D eigenvalue weighted by atomic mass is 10.2. The molecule has 2 amide bonds. The van der Waals surface area contributed by atoms with Crippen LogP contribution in [0.15, 0.2) is 48.8 Å². The lowest BCUT2D eigenvalue weighted by molar-refractivity contribution is -0.131. The first kappa shape index (κ1) is 19.2. The van der Waals surface area contributed by atoms with Crippen molar-refractivity contribution >= 4 is 11.8 Å². The van der Waals surface area contributed by atoms with Crippen molar-refractivity contribution in [2.24, 2.45) is 0 Å². The number of nitrogens with zero attached hydrogens (tertiary/aromatic N) is 3. The van der Waals surface area contributed by atoms with E-state index in [2.05, 4.69) is 10.3 Å². The molecule has 1 N–H and O–H groups in total. The van der Waals surface area contributed by atoms with Gasteiger partial charge in [-0.25, -0.2) is 8.78 Å². The van der Waals surface area contributed by atoms with E-state index < -0.39 is 43.3 Å². The maximum atomic E-state index is 13.5. The van der Waals surface area contributed by atoms with Crippen LogP contribution in [0.3, 0.4) is 0 Å². The van der Waals surface area contributed by atoms with Crippen molar-refractivity contribution < 1.29 is 23.1 Å². The molecule has 1 atom stereocenters. The minimum Gasteiger partial charge on any atom is -0.455 e. The van der Waals surface area contributed by atoms with Crippen LogP contribution in [-0.2, 0) is 4.79 Å². The average molecular weight is 386 g/mol. The average Bonchev–Trinajstić information content (AvgIpc) is 3.02. The highest BCUT2D eigenvalue weighted by Gasteiger charge is 2.47. The number of likely N-dealkylation sites (tertiary alicyclic amines) is 1. The van der Waals surface area contributed by atoms with Gasteiger partial charge in [-0.05, 0) is 18.2 Å². The van der Waals surface area contributed by atoms with Crippen LogP contribution in [0.5, 0.6) is 11.5 Å². The van der Waals surface area contributed by atoms with Gasteiger partial charge >= 0.3 is 0 Å². The molecule has 0 bridgehead atoms. The van der Waals surface area contributed by atoms with Crippen molar-refractivity contribution in [2.45, 2.75) is 18.4 Å². The van der Waals surface area contributed by atoms with Crippen molar-refractivity contribution in [3.05, 3.63) is 54.4 Å². The predicted octanol–water partition coefficient (Wildman–Crippen LogP) is 2.36. The number of halogens is 2. The zero-order chi connectivity index (χ0) is 20.1. The van der Waals surface area contributed by atoms with Gasteiger partial charge in [0.15, 0.2) is 5.75 Å². The molecule has 7 nitrogen and oxygen atoms in total. The van der Waals surface area contributed by atoms with E-state index >= 15 is 0 Å². The first-order valence-corrected chi connectivity index (χ1v) is 8.42. The van der Waals surface area contributed by atoms with E-state index in [4.69, 9.17) is 10.00 Å². The molecule has 1 aromatic carbocycles. The number of rotatable bonds is 5. The van der Waals surface area contributed by atoms with Gasteiger partial charge < -0.3 is 15.0 Å². The van der Waals surface area contributed by atoms with E-state index in [1.54, 1.807) is 30.3 Å². The Hall–Kier alpha value is -3.54. The van der Waals surface area contributed by atoms with Crippen LogP contribution in [-0.4, -0.2) is 46.8 Å². The molecule has 2 heterocycles. The number of pyridine rings is 1. The van der Waals surface area contributed by atoms with Gasteiger partial charge in [-0.2, -0.15) is 5.26 Å². The summed E-state index contributed by atoms with van der Waals surface area (Å²) >= 11 is 0. The molecular weight excluding hydrogens is 370 g/mol. The third-order valence-corrected chi connectivity index (χ3v) is 4.14. The highest BCUT2D eigenvalue weighted by Crippen LogP contribution is 2.31. The lowest BCUT2D eigenvalue weighted by Gasteiger charge is -2.19. The van der Waals surface area contributed by atoms with E-state index in [1.165, 1.54) is 18.5 Å². The SMILES string of the molecule is N#CC1CC(F)(F)CN1C(=O)CNC(=O)c1ccncc1Oc1ccccc1. The third-order valence-electron chi connectivity index (χ3n) is 4.14. The zero-order valence-electron chi connectivity index (χ0n) is 14.6. The van der Waals surface area contributed by atoms with Crippen LogP contribution >= 0.6 is 0 Å². The largest absolute Gasteiger partial charge is 0.455 e. The number of carbonyl (C=O) groups is 2. The zero-order valence-corrected chi connectivity index (χ0v) is 14.6. The number of para-hydroxylation sites is 1. The van der Waals surface area contributed by atoms with Gasteiger partial charge in [0.05, 0.1) is 30.9 Å². The molecule has 3 rings (SSSR count). The smallest absolute Gasteiger partial charge is 0.268 e. The number of nitriles is 1. The predicted molar refractivity (Wildman–Crippen MR) is 93.8 cm³/mol. The summed E-state index contributed by atoms with van der Waals surface area (Å²) in [6.45, 7) is -1.35. The Morgan fingerprint density at radius 2 is 2.07 bits per heavy atom. The number of hydrogen-bond acceptors (Lipinski definition) is 5. The second-order valence-electron chi connectivity index (χ2n) is 6.20. The fourth-order valence-corrected chi connectivity index (χ4v) is 2.81. The summed E-state index contributed by atoms with van der Waals surface area (Å²) in [6, 6.07) is 10.6. The Balaban J connectivity index is 1.66. The molecule has 9 heteroatoms. The van der Waals surface area contributed by atoms with Gasteiger partial charge in [-0.3, -0.25) is 14.6 Å². The van der Waals surface area contributed by atoms with E-state index in [0.29, 0.717) is 5.75 Å². The Labute approximate surface area is 159 Å². The first-order valence-electron chi connectivity index (χ1n) is 8.42. The van der Waals surface area contributed by atoms with E-state index in [9.17, 15) is 18.4 Å². The maximum Gasteiger partial charge on any atom is 0.268 e. The molecule has 1 unspecified atom stereocenters. The number of ether oxygens (including phenoxy) is 1. The summed E-state index contributed by atoms with van der Waals surface area (Å²) < 4.78 is 32.6. The number of nitrogens with one attached hydrogen (secondary N) is 1. The minimum atomic E-state index is -3.11. The van der Waals surface area contributed by atoms with Crippen molar-refractivity contribution in [1.29, 1.82) is 5.26 Å². The standard InChI is InChI=1S/C19H16F2N4O3/c20-19(21)8-13(9-22)25(12-19)17(26)11-24-18(27)15-6-7-23-10-16(15)28-14-4-2-1-3-5-14/h1-7,10,13H,8,11-12H2,(H,24,27). The minimum absolute atomic E-state index is 0.134. The summed E-state index contributed by atoms with van der Waals surface area (Å²) in [5, 5.41) is 11.3. The fraction of sp³-hybridized carbons (Fsp3) is 0.263. The summed E-state index contributed by atoms with van der Waals surface area (Å²) in [5.74, 6) is -3.81. The van der Waals surface area contributed by atoms with Crippen molar-refractivity contribution in [2.75, 3.05) is 13.1 Å². The van der Waals surface area contributed by atoms with Crippen LogP contribution in [0.25, 0.3) is 0 Å². The number of benzene rings is 1. The molecule has 1 saturated heterocycles. The molecule has 0 aliphatic carbocycles. The maximum absolute atomic E-state index is 13.5. The molecule has 1 fully saturated rings. The molecule has 0 spiro atoms. The van der Waals surface area contributed by atoms with E-state index in [-0.39, 0.29) is 11.3 Å². The summed E-state index contributed by atoms with van der Waals surface area (Å²) in [6.07, 6.45) is 2.04. The van der Waals surface area contributed by atoms with Gasteiger partial charge in [0.1, 0.15) is 11.8 Å². The summed E-state index contributed by atoms with van der Waals surface area (Å²) in [4.78, 5) is 29.4. The van der Waals surface area contributed by atoms with Gasteiger partial charge in [0.2, 0.25) is 5.91 Å². The number of alkyl halides is 2. The van der Waals surface area contributed by atoms with Gasteiger partial charge in [0.25, 0.3) is 11.8 Å². The molecule has 28 heavy (non-hydrogen) atoms. The van der Waals surface area contributed by atoms with Crippen LogP contribution in [0.4, 0.5) is 8.78 Å². The molecule has 1 aromatic heterocycles. The van der Waals surface area contributed by atoms with Crippen LogP contribution < -0.4 is 10.1 Å². The normalized spacial score (nSPS) is 17.6. The molecule has 1 aliphatic rings. The summed E-state index contributed by atoms with van der Waals surface area (Å²) in [5.41, 5.74) is 0.134. The monoisotopic (exact) mass is 386 g/mol. The quantitative estimate of drug-likeness (QED) is 0.851. The van der Waals surface area contributed by atoms with Crippen LogP contribution in [0.2, 0.25) is 0 Å². The lowest BCUT2D eigenvalue weighted by Crippen LogP contribution is -2.43. The molecule has 0 saturated carbocycles. The molecular formula is C19H16F2N4O3. The Morgan fingerprint density at radius 3 is 2.79 bits per heavy atom. The van der Waals surface area contributed by atoms with Crippen molar-refractivity contribution in [3.63, 3.8) is 0 Å². The second-order valence-corrected chi connectivity index (χ2v) is 6.20.